The second-order valence-electron chi connectivity index (χ2n) is 5.84. The summed E-state index contributed by atoms with van der Waals surface area (Å²) in [6, 6.07) is 5.45. The third kappa shape index (κ3) is 5.53. The van der Waals surface area contributed by atoms with Crippen LogP contribution in [0.25, 0.3) is 0 Å². The fourth-order valence-electron chi connectivity index (χ4n) is 3.04. The lowest BCUT2D eigenvalue weighted by atomic mass is 10.2. The highest BCUT2D eigenvalue weighted by molar-refractivity contribution is 6.30. The van der Waals surface area contributed by atoms with Gasteiger partial charge in [0, 0.05) is 30.7 Å². The van der Waals surface area contributed by atoms with Crippen LogP contribution in [0.4, 0.5) is 5.69 Å². The van der Waals surface area contributed by atoms with Crippen molar-refractivity contribution in [1.82, 2.24) is 10.6 Å². The molecular weight excluding hydrogens is 389 g/mol. The highest BCUT2D eigenvalue weighted by atomic mass is 35.5. The first-order valence-electron chi connectivity index (χ1n) is 7.87. The van der Waals surface area contributed by atoms with Gasteiger partial charge in [-0.15, -0.1) is 24.8 Å². The Kier molecular flexibility index (Phi) is 9.10. The van der Waals surface area contributed by atoms with E-state index in [1.807, 2.05) is 18.2 Å². The molecular formula is C16H24Cl3N3O3. The van der Waals surface area contributed by atoms with E-state index in [2.05, 4.69) is 15.5 Å². The van der Waals surface area contributed by atoms with Gasteiger partial charge in [-0.3, -0.25) is 4.79 Å². The number of carbonyl (C=O) groups excluding carboxylic acids is 1. The second kappa shape index (κ2) is 10.3. The number of amides is 1. The first kappa shape index (κ1) is 22.1. The van der Waals surface area contributed by atoms with Crippen molar-refractivity contribution in [2.75, 3.05) is 44.9 Å². The maximum absolute atomic E-state index is 12.3. The van der Waals surface area contributed by atoms with Crippen LogP contribution in [0.5, 0.6) is 5.75 Å². The molecule has 6 nitrogen and oxygen atoms in total. The first-order valence-corrected chi connectivity index (χ1v) is 8.25. The van der Waals surface area contributed by atoms with Crippen molar-refractivity contribution in [1.29, 1.82) is 0 Å². The molecule has 2 fully saturated rings. The number of rotatable bonds is 4. The Balaban J connectivity index is 0.00000156. The van der Waals surface area contributed by atoms with E-state index in [0.717, 1.165) is 30.9 Å². The molecule has 2 unspecified atom stereocenters. The first-order chi connectivity index (χ1) is 11.2. The molecule has 0 aromatic heterocycles. The Labute approximate surface area is 165 Å². The van der Waals surface area contributed by atoms with E-state index in [4.69, 9.17) is 21.1 Å². The molecule has 0 radical (unpaired) electrons. The molecule has 142 valence electrons. The van der Waals surface area contributed by atoms with Crippen LogP contribution in [-0.4, -0.2) is 57.9 Å². The number of morpholine rings is 1. The number of hydrogen-bond donors (Lipinski definition) is 2. The van der Waals surface area contributed by atoms with Crippen molar-refractivity contribution in [3.8, 4) is 5.75 Å². The van der Waals surface area contributed by atoms with Gasteiger partial charge in [0.1, 0.15) is 11.8 Å². The molecule has 2 saturated heterocycles. The molecule has 9 heteroatoms. The molecule has 1 amide bonds. The van der Waals surface area contributed by atoms with Crippen LogP contribution in [0.2, 0.25) is 5.02 Å². The Morgan fingerprint density at radius 3 is 2.92 bits per heavy atom. The number of methoxy groups -OCH3 is 1. The minimum atomic E-state index is -0.251. The van der Waals surface area contributed by atoms with Gasteiger partial charge in [0.25, 0.3) is 0 Å². The molecule has 2 N–H and O–H groups in total. The van der Waals surface area contributed by atoms with E-state index >= 15 is 0 Å². The average Bonchev–Trinajstić information content (AvgIpc) is 3.04. The highest BCUT2D eigenvalue weighted by Gasteiger charge is 2.29. The van der Waals surface area contributed by atoms with Crippen molar-refractivity contribution in [3.63, 3.8) is 0 Å². The highest BCUT2D eigenvalue weighted by Crippen LogP contribution is 2.33. The summed E-state index contributed by atoms with van der Waals surface area (Å²) in [5.41, 5.74) is 0.968. The molecule has 2 aliphatic rings. The van der Waals surface area contributed by atoms with E-state index in [-0.39, 0.29) is 42.8 Å². The van der Waals surface area contributed by atoms with Crippen molar-refractivity contribution in [3.05, 3.63) is 23.2 Å². The van der Waals surface area contributed by atoms with Crippen molar-refractivity contribution in [2.24, 2.45) is 0 Å². The zero-order chi connectivity index (χ0) is 16.2. The van der Waals surface area contributed by atoms with Crippen molar-refractivity contribution in [2.45, 2.75) is 18.5 Å². The summed E-state index contributed by atoms with van der Waals surface area (Å²) in [6.45, 7) is 3.42. The van der Waals surface area contributed by atoms with Gasteiger partial charge < -0.3 is 25.0 Å². The minimum Gasteiger partial charge on any atom is -0.495 e. The fourth-order valence-corrected chi connectivity index (χ4v) is 3.21. The number of anilines is 1. The lowest BCUT2D eigenvalue weighted by Gasteiger charge is -2.25. The summed E-state index contributed by atoms with van der Waals surface area (Å²) in [6.07, 6.45) is 0.898. The zero-order valence-electron chi connectivity index (χ0n) is 14.0. The van der Waals surface area contributed by atoms with Gasteiger partial charge in [0.05, 0.1) is 26.0 Å². The van der Waals surface area contributed by atoms with Crippen LogP contribution in [0, 0.1) is 0 Å². The number of hydrogen-bond acceptors (Lipinski definition) is 5. The van der Waals surface area contributed by atoms with Crippen LogP contribution in [0.3, 0.4) is 0 Å². The van der Waals surface area contributed by atoms with Crippen molar-refractivity contribution < 1.29 is 14.3 Å². The number of nitrogens with zero attached hydrogens (tertiary/aromatic N) is 1. The Morgan fingerprint density at radius 1 is 1.44 bits per heavy atom. The number of carbonyl (C=O) groups is 1. The van der Waals surface area contributed by atoms with Gasteiger partial charge in [-0.2, -0.15) is 0 Å². The summed E-state index contributed by atoms with van der Waals surface area (Å²) in [5, 5.41) is 6.95. The average molecular weight is 413 g/mol. The molecule has 0 bridgehead atoms. The van der Waals surface area contributed by atoms with Crippen LogP contribution in [-0.2, 0) is 9.53 Å². The molecule has 2 atom stereocenters. The van der Waals surface area contributed by atoms with E-state index in [1.165, 1.54) is 0 Å². The zero-order valence-corrected chi connectivity index (χ0v) is 16.4. The van der Waals surface area contributed by atoms with Crippen molar-refractivity contribution >= 4 is 48.0 Å². The minimum absolute atomic E-state index is 0. The number of ether oxygens (including phenoxy) is 2. The van der Waals surface area contributed by atoms with Gasteiger partial charge in [0.2, 0.25) is 5.91 Å². The SMILES string of the molecule is COc1ccc(Cl)cc1N1CCC(NC(=O)C2COCCN2)C1.Cl.Cl. The van der Waals surface area contributed by atoms with Crippen LogP contribution in [0.1, 0.15) is 6.42 Å². The van der Waals surface area contributed by atoms with E-state index in [9.17, 15) is 4.79 Å². The van der Waals surface area contributed by atoms with E-state index in [0.29, 0.717) is 24.8 Å². The molecule has 1 aromatic carbocycles. The predicted molar refractivity (Wildman–Crippen MR) is 104 cm³/mol. The number of benzene rings is 1. The normalized spacial score (nSPS) is 22.6. The maximum atomic E-state index is 12.3. The van der Waals surface area contributed by atoms with Gasteiger partial charge in [0.15, 0.2) is 0 Å². The molecule has 0 saturated carbocycles. The summed E-state index contributed by atoms with van der Waals surface area (Å²) < 4.78 is 10.7. The lowest BCUT2D eigenvalue weighted by molar-refractivity contribution is -0.126. The summed E-state index contributed by atoms with van der Waals surface area (Å²) >= 11 is 6.10. The summed E-state index contributed by atoms with van der Waals surface area (Å²) in [4.78, 5) is 14.5. The van der Waals surface area contributed by atoms with Crippen LogP contribution < -0.4 is 20.3 Å². The van der Waals surface area contributed by atoms with Gasteiger partial charge in [-0.05, 0) is 24.6 Å². The maximum Gasteiger partial charge on any atom is 0.239 e. The van der Waals surface area contributed by atoms with E-state index in [1.54, 1.807) is 7.11 Å². The largest absolute Gasteiger partial charge is 0.495 e. The van der Waals surface area contributed by atoms with Crippen LogP contribution >= 0.6 is 36.4 Å². The van der Waals surface area contributed by atoms with Crippen LogP contribution in [0.15, 0.2) is 18.2 Å². The predicted octanol–water partition coefficient (Wildman–Crippen LogP) is 1.88. The third-order valence-corrected chi connectivity index (χ3v) is 4.49. The molecule has 2 heterocycles. The summed E-state index contributed by atoms with van der Waals surface area (Å²) in [7, 11) is 1.65. The third-order valence-electron chi connectivity index (χ3n) is 4.25. The number of halogens is 3. The Bertz CT molecular complexity index is 571. The quantitative estimate of drug-likeness (QED) is 0.790. The second-order valence-corrected chi connectivity index (χ2v) is 6.27. The van der Waals surface area contributed by atoms with Gasteiger partial charge in [-0.25, -0.2) is 0 Å². The monoisotopic (exact) mass is 411 g/mol. The van der Waals surface area contributed by atoms with Gasteiger partial charge in [-0.1, -0.05) is 11.6 Å². The smallest absolute Gasteiger partial charge is 0.239 e. The molecule has 2 aliphatic heterocycles. The molecule has 25 heavy (non-hydrogen) atoms. The summed E-state index contributed by atoms with van der Waals surface area (Å²) in [5.74, 6) is 0.804. The fraction of sp³-hybridized carbons (Fsp3) is 0.562. The Morgan fingerprint density at radius 2 is 2.24 bits per heavy atom. The van der Waals surface area contributed by atoms with E-state index < -0.39 is 0 Å². The topological polar surface area (TPSA) is 62.8 Å². The number of nitrogens with one attached hydrogen (secondary N) is 2. The molecule has 0 spiro atoms. The standard InChI is InChI=1S/C16H22ClN3O3.2ClH/c1-22-15-3-2-11(17)8-14(15)20-6-4-12(9-20)19-16(21)13-10-23-7-5-18-13;;/h2-3,8,12-13,18H,4-7,9-10H2,1H3,(H,19,21);2*1H. The molecule has 3 rings (SSSR count). The Hall–Kier alpha value is -0.920. The molecule has 0 aliphatic carbocycles. The lowest BCUT2D eigenvalue weighted by Crippen LogP contribution is -2.53. The molecule has 1 aromatic rings. The van der Waals surface area contributed by atoms with Gasteiger partial charge >= 0.3 is 0 Å².